The van der Waals surface area contributed by atoms with Gasteiger partial charge in [-0.15, -0.1) is 16.6 Å². The zero-order chi connectivity index (χ0) is 48.9. The van der Waals surface area contributed by atoms with Crippen LogP contribution in [0.4, 0.5) is 11.6 Å². The number of hydrogen-bond acceptors (Lipinski definition) is 12. The number of aromatic hydroxyl groups is 1. The Labute approximate surface area is 409 Å². The first kappa shape index (κ1) is 47.1. The Hall–Kier alpha value is -6.57. The van der Waals surface area contributed by atoms with E-state index in [0.29, 0.717) is 23.2 Å². The maximum absolute atomic E-state index is 14.2. The van der Waals surface area contributed by atoms with Crippen molar-refractivity contribution in [2.45, 2.75) is 116 Å². The van der Waals surface area contributed by atoms with Crippen LogP contribution in [0.15, 0.2) is 67.0 Å². The van der Waals surface area contributed by atoms with Gasteiger partial charge in [0.1, 0.15) is 17.8 Å². The second kappa shape index (κ2) is 19.0. The lowest BCUT2D eigenvalue weighted by Crippen LogP contribution is -2.60. The van der Waals surface area contributed by atoms with E-state index in [1.54, 1.807) is 12.1 Å². The molecule has 4 atom stereocenters. The number of phenols is 1. The molecule has 2 saturated carbocycles. The van der Waals surface area contributed by atoms with E-state index in [9.17, 15) is 24.6 Å². The number of H-pyrrole nitrogens is 1. The Morgan fingerprint density at radius 3 is 2.36 bits per heavy atom. The van der Waals surface area contributed by atoms with Gasteiger partial charge in [-0.1, -0.05) is 51.0 Å². The molecule has 16 nitrogen and oxygen atoms in total. The van der Waals surface area contributed by atoms with Gasteiger partial charge in [-0.05, 0) is 92.2 Å². The van der Waals surface area contributed by atoms with Crippen LogP contribution in [0.5, 0.6) is 5.75 Å². The van der Waals surface area contributed by atoms with Crippen molar-refractivity contribution >= 4 is 40.4 Å². The number of nitrogens with one attached hydrogen (secondary N) is 3. The number of piperazine rings is 1. The predicted octanol–water partition coefficient (Wildman–Crippen LogP) is 5.50. The molecule has 16 heteroatoms. The number of rotatable bonds is 10. The van der Waals surface area contributed by atoms with E-state index >= 15 is 0 Å². The van der Waals surface area contributed by atoms with Crippen LogP contribution in [0.3, 0.4) is 0 Å². The van der Waals surface area contributed by atoms with Crippen molar-refractivity contribution in [3.8, 4) is 29.4 Å². The standard InChI is InChI=1S/C54H65N11O5/c1-6-34-11-13-35(14-12-34)29-55-50(69)44-25-39(66)32-65(44)51(70)47(53(3,4)5)59-49(68)36-27-54(28-36)18-15-37(16-19-54)62-21-23-63(24-22-62)38-30-56-52(57-31-38)64-20-17-42-46(33(64)2)41-26-43(60-61-48(41)58-42)40-9-7-8-10-45(40)67/h1,7-14,26,30-31,33,36-37,39,44,47,66-67H,15-25,27-29,32H2,2-5H3,(H,55,69)(H,58,61)(H,59,68)/t33-,36-,37-,39-,44+,47-,54?/m1/s1. The molecule has 6 heterocycles. The smallest absolute Gasteiger partial charge is 0.246 e. The molecule has 366 valence electrons. The molecule has 4 fully saturated rings. The fourth-order valence-corrected chi connectivity index (χ4v) is 12.0. The summed E-state index contributed by atoms with van der Waals surface area (Å²) in [6.45, 7) is 12.8. The largest absolute Gasteiger partial charge is 0.507 e. The number of aliphatic hydroxyl groups excluding tert-OH is 1. The first-order valence-corrected chi connectivity index (χ1v) is 25.0. The number of likely N-dealkylation sites (tertiary alicyclic amines) is 1. The van der Waals surface area contributed by atoms with Crippen LogP contribution >= 0.6 is 0 Å². The number of aromatic nitrogens is 5. The lowest BCUT2D eigenvalue weighted by molar-refractivity contribution is -0.146. The third kappa shape index (κ3) is 9.29. The monoisotopic (exact) mass is 948 g/mol. The topological polar surface area (TPSA) is 196 Å². The number of amides is 3. The van der Waals surface area contributed by atoms with E-state index in [0.717, 1.165) is 117 Å². The number of hydrogen-bond donors (Lipinski definition) is 5. The highest BCUT2D eigenvalue weighted by Crippen LogP contribution is 2.55. The summed E-state index contributed by atoms with van der Waals surface area (Å²) in [6.07, 6.45) is 15.6. The zero-order valence-corrected chi connectivity index (χ0v) is 40.7. The highest BCUT2D eigenvalue weighted by Gasteiger charge is 2.51. The van der Waals surface area contributed by atoms with Crippen LogP contribution < -0.4 is 20.4 Å². The Morgan fingerprint density at radius 2 is 1.67 bits per heavy atom. The first-order valence-electron chi connectivity index (χ1n) is 25.0. The van der Waals surface area contributed by atoms with Crippen molar-refractivity contribution in [3.05, 3.63) is 89.4 Å². The minimum Gasteiger partial charge on any atom is -0.507 e. The molecule has 0 bridgehead atoms. The van der Waals surface area contributed by atoms with E-state index in [-0.39, 0.29) is 60.4 Å². The van der Waals surface area contributed by atoms with E-state index < -0.39 is 23.6 Å². The summed E-state index contributed by atoms with van der Waals surface area (Å²) in [6, 6.07) is 15.4. The number of benzene rings is 2. The molecule has 0 unspecified atom stereocenters. The molecule has 3 amide bonds. The molecule has 2 saturated heterocycles. The van der Waals surface area contributed by atoms with Gasteiger partial charge in [-0.25, -0.2) is 9.97 Å². The second-order valence-corrected chi connectivity index (χ2v) is 21.5. The minimum absolute atomic E-state index is 0.00562. The summed E-state index contributed by atoms with van der Waals surface area (Å²) in [4.78, 5) is 63.5. The number of anilines is 2. The van der Waals surface area contributed by atoms with Crippen molar-refractivity contribution in [3.63, 3.8) is 0 Å². The summed E-state index contributed by atoms with van der Waals surface area (Å²) in [5.41, 5.74) is 6.51. The van der Waals surface area contributed by atoms with Gasteiger partial charge in [-0.2, -0.15) is 0 Å². The van der Waals surface area contributed by atoms with Crippen molar-refractivity contribution in [1.82, 2.24) is 45.6 Å². The van der Waals surface area contributed by atoms with Gasteiger partial charge in [0, 0.05) is 98.4 Å². The van der Waals surface area contributed by atoms with Gasteiger partial charge in [-0.3, -0.25) is 19.3 Å². The quantitative estimate of drug-likeness (QED) is 0.111. The summed E-state index contributed by atoms with van der Waals surface area (Å²) in [7, 11) is 0. The van der Waals surface area contributed by atoms with Crippen LogP contribution in [0.2, 0.25) is 0 Å². The summed E-state index contributed by atoms with van der Waals surface area (Å²) >= 11 is 0. The Kier molecular flexibility index (Phi) is 12.8. The van der Waals surface area contributed by atoms with Gasteiger partial charge in [0.05, 0.1) is 35.9 Å². The van der Waals surface area contributed by atoms with Crippen molar-refractivity contribution < 1.29 is 24.6 Å². The van der Waals surface area contributed by atoms with Crippen LogP contribution in [0.1, 0.15) is 101 Å². The number of fused-ring (bicyclic) bond motifs is 3. The van der Waals surface area contributed by atoms with Crippen LogP contribution in [0, 0.1) is 29.1 Å². The normalized spacial score (nSPS) is 25.3. The molecule has 3 aromatic heterocycles. The van der Waals surface area contributed by atoms with E-state index in [1.165, 1.54) is 4.90 Å². The molecule has 5 N–H and O–H groups in total. The average Bonchev–Trinajstić information content (AvgIpc) is 3.94. The van der Waals surface area contributed by atoms with Crippen LogP contribution in [0.25, 0.3) is 22.3 Å². The highest BCUT2D eigenvalue weighted by atomic mass is 16.3. The summed E-state index contributed by atoms with van der Waals surface area (Å²) < 4.78 is 0. The average molecular weight is 948 g/mol. The number of nitrogens with zero attached hydrogens (tertiary/aromatic N) is 8. The fraction of sp³-hybridized carbons (Fsp3) is 0.500. The summed E-state index contributed by atoms with van der Waals surface area (Å²) in [5.74, 6) is 2.52. The number of phenolic OH excluding ortho intramolecular Hbond substituents is 1. The molecular formula is C54H65N11O5. The van der Waals surface area contributed by atoms with Gasteiger partial charge in [0.25, 0.3) is 0 Å². The summed E-state index contributed by atoms with van der Waals surface area (Å²) in [5, 5.41) is 37.1. The number of carbonyl (C=O) groups excluding carboxylic acids is 3. The number of terminal acetylenes is 1. The maximum atomic E-state index is 14.2. The molecule has 1 spiro atoms. The lowest BCUT2D eigenvalue weighted by atomic mass is 9.55. The first-order chi connectivity index (χ1) is 33.7. The minimum atomic E-state index is -0.843. The Balaban J connectivity index is 0.689. The number of aliphatic hydroxyl groups is 1. The van der Waals surface area contributed by atoms with E-state index in [2.05, 4.69) is 53.4 Å². The molecule has 2 aromatic carbocycles. The molecule has 5 aliphatic rings. The fourth-order valence-electron chi connectivity index (χ4n) is 12.0. The lowest BCUT2D eigenvalue weighted by Gasteiger charge is -2.53. The molecule has 70 heavy (non-hydrogen) atoms. The maximum Gasteiger partial charge on any atom is 0.246 e. The van der Waals surface area contributed by atoms with E-state index in [4.69, 9.17) is 16.4 Å². The van der Waals surface area contributed by atoms with Gasteiger partial charge >= 0.3 is 0 Å². The SMILES string of the molecule is C#Cc1ccc(CNC(=O)[C@@H]2C[C@@H](O)CN2C(=O)[C@@H](NC(=O)[C@H]2CC3(CC[C@H](N4CCN(c5cnc(N6CCc7[nH]c8nnc(-c9ccccc9O)cc8c7[C@H]6C)nc5)CC4)CC3)C2)C(C)(C)C)cc1. The van der Waals surface area contributed by atoms with Crippen LogP contribution in [-0.2, 0) is 27.3 Å². The second-order valence-electron chi connectivity index (χ2n) is 21.5. The molecule has 0 radical (unpaired) electrons. The molecule has 5 aromatic rings. The third-order valence-electron chi connectivity index (χ3n) is 16.0. The molecule has 10 rings (SSSR count). The molecule has 2 aliphatic carbocycles. The number of para-hydroxylation sites is 1. The van der Waals surface area contributed by atoms with E-state index in [1.807, 2.05) is 75.6 Å². The number of aromatic amines is 1. The van der Waals surface area contributed by atoms with Crippen molar-refractivity contribution in [2.24, 2.45) is 16.7 Å². The Morgan fingerprint density at radius 1 is 0.957 bits per heavy atom. The van der Waals surface area contributed by atoms with Gasteiger partial charge in [0.15, 0.2) is 5.65 Å². The highest BCUT2D eigenvalue weighted by molar-refractivity contribution is 5.94. The van der Waals surface area contributed by atoms with Crippen molar-refractivity contribution in [1.29, 1.82) is 0 Å². The Bertz CT molecular complexity index is 2780. The number of carbonyl (C=O) groups is 3. The molecular weight excluding hydrogens is 883 g/mol. The predicted molar refractivity (Wildman–Crippen MR) is 267 cm³/mol. The van der Waals surface area contributed by atoms with Gasteiger partial charge in [0.2, 0.25) is 23.7 Å². The number of β-amino-alcohol motifs (C(OH)–C–C–N with tert-alkyl or cyclic N) is 1. The van der Waals surface area contributed by atoms with Gasteiger partial charge < -0.3 is 40.5 Å². The van der Waals surface area contributed by atoms with Crippen LogP contribution in [-0.4, -0.2) is 126 Å². The van der Waals surface area contributed by atoms with Crippen molar-refractivity contribution in [2.75, 3.05) is 49.1 Å². The zero-order valence-electron chi connectivity index (χ0n) is 40.7. The third-order valence-corrected chi connectivity index (χ3v) is 16.0. The molecule has 3 aliphatic heterocycles.